The zero-order valence-electron chi connectivity index (χ0n) is 21.7. The average molecular weight is 526 g/mol. The minimum Gasteiger partial charge on any atom is -0.410 e. The number of nitrogens with one attached hydrogen (secondary N) is 1. The van der Waals surface area contributed by atoms with Crippen molar-refractivity contribution in [3.63, 3.8) is 0 Å². The number of Topliss-reactive ketones (excluding diaryl/α,β-unsaturated/α-hetero) is 1. The normalized spacial score (nSPS) is 24.6. The van der Waals surface area contributed by atoms with Crippen LogP contribution in [0.1, 0.15) is 44.1 Å². The molecule has 2 aliphatic heterocycles. The SMILES string of the molecule is CN(C(=O)Oc1ccc(F)cc1)[C@]1(C(=O)C2CCN(C(=O)C3(C)CC3)CC2)CNC[C@H]1c1ccc(F)cc1. The number of likely N-dealkylation sites (N-methyl/N-ethyl adjacent to an activating group) is 1. The van der Waals surface area contributed by atoms with E-state index in [-0.39, 0.29) is 41.1 Å². The Kier molecular flexibility index (Phi) is 6.98. The lowest BCUT2D eigenvalue weighted by Gasteiger charge is -2.44. The molecule has 2 saturated heterocycles. The molecule has 2 amide bonds. The Bertz CT molecular complexity index is 1210. The monoisotopic (exact) mass is 525 g/mol. The van der Waals surface area contributed by atoms with E-state index >= 15 is 0 Å². The number of ketones is 1. The zero-order valence-corrected chi connectivity index (χ0v) is 21.7. The van der Waals surface area contributed by atoms with Crippen molar-refractivity contribution in [2.24, 2.45) is 11.3 Å². The summed E-state index contributed by atoms with van der Waals surface area (Å²) >= 11 is 0. The number of hydrogen-bond acceptors (Lipinski definition) is 5. The average Bonchev–Trinajstić information content (AvgIpc) is 3.52. The number of rotatable bonds is 6. The van der Waals surface area contributed by atoms with Crippen LogP contribution in [-0.2, 0) is 9.59 Å². The van der Waals surface area contributed by atoms with E-state index in [0.29, 0.717) is 32.5 Å². The first-order chi connectivity index (χ1) is 18.1. The number of amides is 2. The van der Waals surface area contributed by atoms with Crippen molar-refractivity contribution < 1.29 is 27.9 Å². The van der Waals surface area contributed by atoms with E-state index in [1.54, 1.807) is 19.2 Å². The molecule has 1 aliphatic carbocycles. The minimum atomic E-state index is -1.28. The molecular formula is C29H33F2N3O4. The third kappa shape index (κ3) is 4.79. The first kappa shape index (κ1) is 26.3. The lowest BCUT2D eigenvalue weighted by Crippen LogP contribution is -2.62. The lowest BCUT2D eigenvalue weighted by molar-refractivity contribution is -0.142. The molecule has 0 radical (unpaired) electrons. The minimum absolute atomic E-state index is 0.0971. The molecular weight excluding hydrogens is 492 g/mol. The number of halogens is 2. The van der Waals surface area contributed by atoms with Crippen LogP contribution in [0.3, 0.4) is 0 Å². The summed E-state index contributed by atoms with van der Waals surface area (Å²) in [6.45, 7) is 3.61. The fraction of sp³-hybridized carbons (Fsp3) is 0.483. The van der Waals surface area contributed by atoms with Gasteiger partial charge in [0.25, 0.3) is 0 Å². The van der Waals surface area contributed by atoms with Crippen molar-refractivity contribution >= 4 is 17.8 Å². The van der Waals surface area contributed by atoms with Gasteiger partial charge in [-0.3, -0.25) is 14.5 Å². The number of ether oxygens (including phenoxy) is 1. The van der Waals surface area contributed by atoms with Crippen molar-refractivity contribution in [3.8, 4) is 5.75 Å². The second-order valence-electron chi connectivity index (χ2n) is 11.0. The number of carbonyl (C=O) groups excluding carboxylic acids is 3. The Morgan fingerprint density at radius 3 is 2.13 bits per heavy atom. The molecule has 5 rings (SSSR count). The van der Waals surface area contributed by atoms with Crippen LogP contribution in [0.4, 0.5) is 13.6 Å². The van der Waals surface area contributed by atoms with E-state index in [1.807, 2.05) is 11.8 Å². The van der Waals surface area contributed by atoms with Crippen LogP contribution in [0.25, 0.3) is 0 Å². The van der Waals surface area contributed by atoms with Gasteiger partial charge in [-0.25, -0.2) is 13.6 Å². The Morgan fingerprint density at radius 2 is 1.55 bits per heavy atom. The van der Waals surface area contributed by atoms with Gasteiger partial charge in [0, 0.05) is 50.5 Å². The predicted octanol–water partition coefficient (Wildman–Crippen LogP) is 4.13. The van der Waals surface area contributed by atoms with Gasteiger partial charge in [0.15, 0.2) is 5.78 Å². The molecule has 1 saturated carbocycles. The highest BCUT2D eigenvalue weighted by Crippen LogP contribution is 2.47. The smallest absolute Gasteiger partial charge is 0.410 e. The molecule has 38 heavy (non-hydrogen) atoms. The molecule has 2 aromatic rings. The van der Waals surface area contributed by atoms with E-state index in [2.05, 4.69) is 5.32 Å². The Balaban J connectivity index is 1.41. The summed E-state index contributed by atoms with van der Waals surface area (Å²) < 4.78 is 32.6. The first-order valence-electron chi connectivity index (χ1n) is 13.2. The highest BCUT2D eigenvalue weighted by atomic mass is 19.1. The molecule has 0 aromatic heterocycles. The van der Waals surface area contributed by atoms with Crippen LogP contribution in [0.5, 0.6) is 5.75 Å². The van der Waals surface area contributed by atoms with Crippen molar-refractivity contribution in [1.82, 2.24) is 15.1 Å². The number of benzene rings is 2. The molecule has 3 fully saturated rings. The van der Waals surface area contributed by atoms with E-state index in [1.165, 1.54) is 41.3 Å². The Hall–Kier alpha value is -3.33. The molecule has 2 heterocycles. The highest BCUT2D eigenvalue weighted by Gasteiger charge is 2.57. The fourth-order valence-electron chi connectivity index (χ4n) is 5.88. The van der Waals surface area contributed by atoms with Crippen LogP contribution >= 0.6 is 0 Å². The molecule has 0 unspecified atom stereocenters. The number of hydrogen-bond donors (Lipinski definition) is 1. The Morgan fingerprint density at radius 1 is 0.974 bits per heavy atom. The molecule has 202 valence electrons. The van der Waals surface area contributed by atoms with Crippen molar-refractivity contribution in [3.05, 3.63) is 65.7 Å². The third-order valence-electron chi connectivity index (χ3n) is 8.58. The second-order valence-corrected chi connectivity index (χ2v) is 11.0. The van der Waals surface area contributed by atoms with Gasteiger partial charge in [0.05, 0.1) is 0 Å². The second kappa shape index (κ2) is 10.1. The van der Waals surface area contributed by atoms with Gasteiger partial charge in [0.1, 0.15) is 22.9 Å². The van der Waals surface area contributed by atoms with Crippen LogP contribution in [0.15, 0.2) is 48.5 Å². The lowest BCUT2D eigenvalue weighted by atomic mass is 9.72. The van der Waals surface area contributed by atoms with Crippen molar-refractivity contribution in [1.29, 1.82) is 0 Å². The summed E-state index contributed by atoms with van der Waals surface area (Å²) in [5.74, 6) is -1.41. The van der Waals surface area contributed by atoms with Crippen LogP contribution in [0, 0.1) is 23.0 Å². The van der Waals surface area contributed by atoms with Gasteiger partial charge in [-0.15, -0.1) is 0 Å². The van der Waals surface area contributed by atoms with E-state index in [4.69, 9.17) is 4.74 Å². The standard InChI is InChI=1S/C29H33F2N3O4/c1-28(13-14-28)26(36)34-15-11-20(12-16-34)25(35)29(18-32-17-24(29)19-3-5-21(30)6-4-19)33(2)27(37)38-23-9-7-22(31)8-10-23/h3-10,20,24,32H,11-18H2,1-2H3/t24-,29+/m0/s1. The summed E-state index contributed by atoms with van der Waals surface area (Å²) in [4.78, 5) is 43.8. The quantitative estimate of drug-likeness (QED) is 0.614. The summed E-state index contributed by atoms with van der Waals surface area (Å²) in [6.07, 6.45) is 2.09. The zero-order chi connectivity index (χ0) is 27.1. The number of nitrogens with zero attached hydrogens (tertiary/aromatic N) is 2. The van der Waals surface area contributed by atoms with E-state index < -0.39 is 23.4 Å². The third-order valence-corrected chi connectivity index (χ3v) is 8.58. The van der Waals surface area contributed by atoms with Gasteiger partial charge in [0.2, 0.25) is 5.91 Å². The maximum atomic E-state index is 14.4. The molecule has 9 heteroatoms. The van der Waals surface area contributed by atoms with Crippen LogP contribution in [-0.4, -0.2) is 66.3 Å². The summed E-state index contributed by atoms with van der Waals surface area (Å²) in [6, 6.07) is 11.1. The number of piperidine rings is 1. The van der Waals surface area contributed by atoms with E-state index in [9.17, 15) is 23.2 Å². The molecule has 1 N–H and O–H groups in total. The molecule has 7 nitrogen and oxygen atoms in total. The van der Waals surface area contributed by atoms with Gasteiger partial charge in [-0.2, -0.15) is 0 Å². The van der Waals surface area contributed by atoms with Gasteiger partial charge in [-0.05, 0) is 67.6 Å². The topological polar surface area (TPSA) is 79.0 Å². The first-order valence-corrected chi connectivity index (χ1v) is 13.2. The summed E-state index contributed by atoms with van der Waals surface area (Å²) in [5, 5.41) is 3.28. The molecule has 0 bridgehead atoms. The molecule has 2 atom stereocenters. The van der Waals surface area contributed by atoms with Crippen molar-refractivity contribution in [2.75, 3.05) is 33.2 Å². The van der Waals surface area contributed by atoms with Gasteiger partial charge >= 0.3 is 6.09 Å². The summed E-state index contributed by atoms with van der Waals surface area (Å²) in [5.41, 5.74) is -0.805. The number of likely N-dealkylation sites (tertiary alicyclic amines) is 1. The van der Waals surface area contributed by atoms with Crippen molar-refractivity contribution in [2.45, 2.75) is 44.1 Å². The largest absolute Gasteiger partial charge is 0.415 e. The van der Waals surface area contributed by atoms with Gasteiger partial charge < -0.3 is 15.0 Å². The summed E-state index contributed by atoms with van der Waals surface area (Å²) in [7, 11) is 1.54. The maximum Gasteiger partial charge on any atom is 0.415 e. The van der Waals surface area contributed by atoms with Gasteiger partial charge in [-0.1, -0.05) is 19.1 Å². The highest BCUT2D eigenvalue weighted by molar-refractivity contribution is 5.96. The van der Waals surface area contributed by atoms with Crippen LogP contribution < -0.4 is 10.1 Å². The molecule has 2 aromatic carbocycles. The number of carbonyl (C=O) groups is 3. The predicted molar refractivity (Wildman–Crippen MR) is 137 cm³/mol. The van der Waals surface area contributed by atoms with E-state index in [0.717, 1.165) is 18.4 Å². The van der Waals surface area contributed by atoms with Crippen LogP contribution in [0.2, 0.25) is 0 Å². The maximum absolute atomic E-state index is 14.4. The fourth-order valence-corrected chi connectivity index (χ4v) is 5.88. The molecule has 3 aliphatic rings. The Labute approximate surface area is 221 Å². The molecule has 0 spiro atoms.